The molecule has 0 heterocycles. The van der Waals surface area contributed by atoms with E-state index >= 15 is 0 Å². The molecule has 2 N–H and O–H groups in total. The predicted molar refractivity (Wildman–Crippen MR) is 71.6 cm³/mol. The van der Waals surface area contributed by atoms with Crippen LogP contribution in [0.5, 0.6) is 0 Å². The van der Waals surface area contributed by atoms with Crippen LogP contribution in [0.25, 0.3) is 0 Å². The van der Waals surface area contributed by atoms with Crippen molar-refractivity contribution in [2.75, 3.05) is 0 Å². The van der Waals surface area contributed by atoms with Gasteiger partial charge in [0, 0.05) is 5.92 Å². The monoisotopic (exact) mass is 279 g/mol. The number of carbonyl (C=O) groups is 2. The summed E-state index contributed by atoms with van der Waals surface area (Å²) in [7, 11) is 0. The molecule has 4 nitrogen and oxygen atoms in total. The maximum absolute atomic E-state index is 13.5. The minimum Gasteiger partial charge on any atom is -0.480 e. The van der Waals surface area contributed by atoms with Gasteiger partial charge in [-0.15, -0.1) is 0 Å². The Kier molecular flexibility index (Phi) is 4.06. The first-order valence-corrected chi connectivity index (χ1v) is 6.73. The fourth-order valence-corrected chi connectivity index (χ4v) is 2.37. The summed E-state index contributed by atoms with van der Waals surface area (Å²) in [6.07, 6.45) is 1.98. The highest BCUT2D eigenvalue weighted by Gasteiger charge is 2.46. The van der Waals surface area contributed by atoms with Crippen molar-refractivity contribution in [2.24, 2.45) is 5.92 Å². The predicted octanol–water partition coefficient (Wildman–Crippen LogP) is 2.13. The molecule has 0 aliphatic heterocycles. The van der Waals surface area contributed by atoms with E-state index in [4.69, 9.17) is 0 Å². The number of carboxylic acids is 1. The summed E-state index contributed by atoms with van der Waals surface area (Å²) in [5, 5.41) is 11.8. The summed E-state index contributed by atoms with van der Waals surface area (Å²) in [4.78, 5) is 23.3. The molecule has 1 aromatic rings. The van der Waals surface area contributed by atoms with E-state index in [1.165, 1.54) is 6.07 Å². The highest BCUT2D eigenvalue weighted by atomic mass is 19.1. The standard InChI is InChI=1S/C15H18FNO3/c1-10(9-11-5-2-3-6-12(11)16)13(18)17-15(14(19)20)7-4-8-15/h2-3,5-6,10H,4,7-9H2,1H3,(H,17,18)(H,19,20). The third-order valence-corrected chi connectivity index (χ3v) is 3.91. The number of halogens is 1. The van der Waals surface area contributed by atoms with Crippen LogP contribution in [-0.4, -0.2) is 22.5 Å². The molecule has 1 atom stereocenters. The first kappa shape index (κ1) is 14.5. The zero-order valence-electron chi connectivity index (χ0n) is 11.4. The van der Waals surface area contributed by atoms with E-state index in [9.17, 15) is 19.1 Å². The Morgan fingerprint density at radius 3 is 2.55 bits per heavy atom. The molecule has 1 aromatic carbocycles. The van der Waals surface area contributed by atoms with Gasteiger partial charge in [-0.25, -0.2) is 9.18 Å². The van der Waals surface area contributed by atoms with Crippen LogP contribution in [0.4, 0.5) is 4.39 Å². The fraction of sp³-hybridized carbons (Fsp3) is 0.467. The van der Waals surface area contributed by atoms with Crippen LogP contribution in [0, 0.1) is 11.7 Å². The van der Waals surface area contributed by atoms with Gasteiger partial charge in [-0.3, -0.25) is 4.79 Å². The van der Waals surface area contributed by atoms with Gasteiger partial charge in [-0.1, -0.05) is 25.1 Å². The lowest BCUT2D eigenvalue weighted by Gasteiger charge is -2.38. The summed E-state index contributed by atoms with van der Waals surface area (Å²) in [5.41, 5.74) is -0.645. The molecule has 1 saturated carbocycles. The number of amides is 1. The third-order valence-electron chi connectivity index (χ3n) is 3.91. The zero-order chi connectivity index (χ0) is 14.8. The highest BCUT2D eigenvalue weighted by Crippen LogP contribution is 2.32. The molecule has 0 spiro atoms. The van der Waals surface area contributed by atoms with Gasteiger partial charge in [0.1, 0.15) is 11.4 Å². The van der Waals surface area contributed by atoms with E-state index < -0.39 is 17.4 Å². The van der Waals surface area contributed by atoms with Crippen molar-refractivity contribution in [1.82, 2.24) is 5.32 Å². The molecule has 1 amide bonds. The van der Waals surface area contributed by atoms with Gasteiger partial charge in [0.05, 0.1) is 0 Å². The number of carboxylic acid groups (broad SMARTS) is 1. The quantitative estimate of drug-likeness (QED) is 0.867. The molecule has 0 bridgehead atoms. The molecular formula is C15H18FNO3. The fourth-order valence-electron chi connectivity index (χ4n) is 2.37. The average Bonchev–Trinajstić information content (AvgIpc) is 2.35. The van der Waals surface area contributed by atoms with Crippen molar-refractivity contribution in [1.29, 1.82) is 0 Å². The molecule has 1 fully saturated rings. The van der Waals surface area contributed by atoms with Crippen LogP contribution in [-0.2, 0) is 16.0 Å². The van der Waals surface area contributed by atoms with Crippen LogP contribution in [0.3, 0.4) is 0 Å². The lowest BCUT2D eigenvalue weighted by Crippen LogP contribution is -2.60. The van der Waals surface area contributed by atoms with Gasteiger partial charge >= 0.3 is 5.97 Å². The number of benzene rings is 1. The molecule has 20 heavy (non-hydrogen) atoms. The zero-order valence-corrected chi connectivity index (χ0v) is 11.4. The van der Waals surface area contributed by atoms with Gasteiger partial charge in [-0.05, 0) is 37.3 Å². The molecular weight excluding hydrogens is 261 g/mol. The Morgan fingerprint density at radius 1 is 1.40 bits per heavy atom. The van der Waals surface area contributed by atoms with Crippen LogP contribution in [0.1, 0.15) is 31.7 Å². The van der Waals surface area contributed by atoms with Crippen molar-refractivity contribution >= 4 is 11.9 Å². The number of hydrogen-bond acceptors (Lipinski definition) is 2. The van der Waals surface area contributed by atoms with E-state index in [2.05, 4.69) is 5.32 Å². The SMILES string of the molecule is CC(Cc1ccccc1F)C(=O)NC1(C(=O)O)CCC1. The number of aliphatic carboxylic acids is 1. The van der Waals surface area contributed by atoms with Crippen LogP contribution in [0.15, 0.2) is 24.3 Å². The van der Waals surface area contributed by atoms with Gasteiger partial charge in [0.25, 0.3) is 0 Å². The highest BCUT2D eigenvalue weighted by molar-refractivity contribution is 5.88. The van der Waals surface area contributed by atoms with E-state index in [-0.39, 0.29) is 18.1 Å². The smallest absolute Gasteiger partial charge is 0.329 e. The molecule has 5 heteroatoms. The first-order chi connectivity index (χ1) is 9.44. The number of carbonyl (C=O) groups excluding carboxylic acids is 1. The Hall–Kier alpha value is -1.91. The third kappa shape index (κ3) is 2.81. The second kappa shape index (κ2) is 5.61. The van der Waals surface area contributed by atoms with Crippen molar-refractivity contribution in [3.8, 4) is 0 Å². The normalized spacial score (nSPS) is 17.9. The maximum atomic E-state index is 13.5. The number of nitrogens with one attached hydrogen (secondary N) is 1. The van der Waals surface area contributed by atoms with E-state index in [1.807, 2.05) is 0 Å². The minimum absolute atomic E-state index is 0.258. The van der Waals surface area contributed by atoms with Crippen molar-refractivity contribution < 1.29 is 19.1 Å². The topological polar surface area (TPSA) is 66.4 Å². The first-order valence-electron chi connectivity index (χ1n) is 6.73. The second-order valence-corrected chi connectivity index (χ2v) is 5.43. The summed E-state index contributed by atoms with van der Waals surface area (Å²) in [6, 6.07) is 6.30. The molecule has 0 saturated heterocycles. The molecule has 0 aromatic heterocycles. The minimum atomic E-state index is -1.11. The maximum Gasteiger partial charge on any atom is 0.329 e. The van der Waals surface area contributed by atoms with Crippen LogP contribution in [0.2, 0.25) is 0 Å². The Labute approximate surface area is 117 Å². The Bertz CT molecular complexity index is 526. The van der Waals surface area contributed by atoms with Gasteiger partial charge in [0.15, 0.2) is 0 Å². The van der Waals surface area contributed by atoms with E-state index in [0.717, 1.165) is 6.42 Å². The van der Waals surface area contributed by atoms with Crippen LogP contribution >= 0.6 is 0 Å². The lowest BCUT2D eigenvalue weighted by molar-refractivity contribution is -0.152. The Morgan fingerprint density at radius 2 is 2.05 bits per heavy atom. The average molecular weight is 279 g/mol. The van der Waals surface area contributed by atoms with Gasteiger partial charge < -0.3 is 10.4 Å². The van der Waals surface area contributed by atoms with Crippen molar-refractivity contribution in [3.05, 3.63) is 35.6 Å². The summed E-state index contributed by atoms with van der Waals surface area (Å²) >= 11 is 0. The Balaban J connectivity index is 1.99. The lowest BCUT2D eigenvalue weighted by atomic mass is 9.76. The molecule has 1 aliphatic rings. The second-order valence-electron chi connectivity index (χ2n) is 5.43. The molecule has 0 radical (unpaired) electrons. The van der Waals surface area contributed by atoms with Gasteiger partial charge in [0.2, 0.25) is 5.91 Å². The molecule has 1 unspecified atom stereocenters. The number of hydrogen-bond donors (Lipinski definition) is 2. The molecule has 108 valence electrons. The van der Waals surface area contributed by atoms with E-state index in [0.29, 0.717) is 18.4 Å². The van der Waals surface area contributed by atoms with Gasteiger partial charge in [-0.2, -0.15) is 0 Å². The van der Waals surface area contributed by atoms with Crippen molar-refractivity contribution in [2.45, 2.75) is 38.1 Å². The summed E-state index contributed by atoms with van der Waals surface area (Å²) in [5.74, 6) is -2.14. The van der Waals surface area contributed by atoms with Crippen molar-refractivity contribution in [3.63, 3.8) is 0 Å². The summed E-state index contributed by atoms with van der Waals surface area (Å²) < 4.78 is 13.5. The molecule has 1 aliphatic carbocycles. The van der Waals surface area contributed by atoms with E-state index in [1.54, 1.807) is 25.1 Å². The number of rotatable bonds is 5. The largest absolute Gasteiger partial charge is 0.480 e. The molecule has 2 rings (SSSR count). The van der Waals surface area contributed by atoms with Crippen LogP contribution < -0.4 is 5.32 Å². The summed E-state index contributed by atoms with van der Waals surface area (Å²) in [6.45, 7) is 1.68.